The number of Topliss-reactive ketones (excluding diaryl/α,β-unsaturated/α-hetero) is 1. The third kappa shape index (κ3) is 3.37. The summed E-state index contributed by atoms with van der Waals surface area (Å²) < 4.78 is 11.3. The summed E-state index contributed by atoms with van der Waals surface area (Å²) in [6.07, 6.45) is 9.02. The number of allylic oxidation sites excluding steroid dienone is 4. The third-order valence-electron chi connectivity index (χ3n) is 13.1. The van der Waals surface area contributed by atoms with Crippen LogP contribution in [0, 0.1) is 63.1 Å². The molecule has 42 heavy (non-hydrogen) atoms. The zero-order chi connectivity index (χ0) is 30.7. The Labute approximate surface area is 248 Å². The molecule has 0 spiro atoms. The van der Waals surface area contributed by atoms with E-state index in [1.807, 2.05) is 19.1 Å². The van der Waals surface area contributed by atoms with Gasteiger partial charge in [-0.1, -0.05) is 46.3 Å². The van der Waals surface area contributed by atoms with E-state index in [4.69, 9.17) is 9.15 Å². The van der Waals surface area contributed by atoms with E-state index >= 15 is 0 Å². The molecule has 0 saturated heterocycles. The number of hydrogen-bond acceptors (Lipinski definition) is 8. The minimum atomic E-state index is -1.20. The van der Waals surface area contributed by atoms with E-state index in [9.17, 15) is 19.6 Å². The fraction of sp³-hybridized carbons (Fsp3) is 0.706. The second-order valence-electron chi connectivity index (χ2n) is 15.5. The number of fused-ring (bicyclic) bond motifs is 7. The summed E-state index contributed by atoms with van der Waals surface area (Å²) in [6.45, 7) is 14.6. The summed E-state index contributed by atoms with van der Waals surface area (Å²) in [6, 6.07) is 2.16. The van der Waals surface area contributed by atoms with Gasteiger partial charge >= 0.3 is 5.97 Å². The lowest BCUT2D eigenvalue weighted by Crippen LogP contribution is -2.66. The van der Waals surface area contributed by atoms with Crippen LogP contribution in [0.3, 0.4) is 0 Å². The van der Waals surface area contributed by atoms with Crippen LogP contribution >= 0.6 is 0 Å². The second-order valence-corrected chi connectivity index (χ2v) is 15.5. The predicted molar refractivity (Wildman–Crippen MR) is 154 cm³/mol. The Bertz CT molecular complexity index is 1510. The maximum atomic E-state index is 14.6. The Kier molecular flexibility index (Phi) is 6.03. The Hall–Kier alpha value is -3.08. The van der Waals surface area contributed by atoms with Crippen LogP contribution in [-0.4, -0.2) is 34.8 Å². The molecule has 0 aliphatic heterocycles. The van der Waals surface area contributed by atoms with Crippen LogP contribution < -0.4 is 0 Å². The van der Waals surface area contributed by atoms with Gasteiger partial charge in [0.05, 0.1) is 18.1 Å². The topological polar surface area (TPSA) is 123 Å². The molecule has 0 N–H and O–H groups in total. The number of carbonyl (C=O) groups excluding carboxylic acids is 3. The first-order valence-electron chi connectivity index (χ1n) is 15.4. The molecule has 0 amide bonds. The molecule has 0 aromatic carbocycles. The molecule has 1 aromatic heterocycles. The van der Waals surface area contributed by atoms with Crippen LogP contribution in [0.25, 0.3) is 0 Å². The molecule has 1 aromatic rings. The van der Waals surface area contributed by atoms with Gasteiger partial charge in [-0.25, -0.2) is 0 Å². The monoisotopic (exact) mass is 573 g/mol. The number of aryl methyl sites for hydroxylation is 1. The van der Waals surface area contributed by atoms with E-state index < -0.39 is 21.7 Å². The second kappa shape index (κ2) is 8.74. The minimum absolute atomic E-state index is 0.0213. The standard InChI is InChI=1S/C34H43N3O5/c1-19-36-37-27(42-19)33(7)23-9-10-31(5)24(30(23,4)16-20(18-35)26(33)39)15-22(38)25-21-17-29(2,3)11-13-34(21,28(40)41-8)14-12-32(25,31)6/h15-16,21,23,25H,9-14,17H2,1-8H3/t21-,23+,25-,30-,31+,32+,33-,34-/m0/s1. The fourth-order valence-corrected chi connectivity index (χ4v) is 10.7. The van der Waals surface area contributed by atoms with E-state index in [1.54, 1.807) is 6.92 Å². The van der Waals surface area contributed by atoms with Crippen molar-refractivity contribution in [2.45, 2.75) is 98.8 Å². The van der Waals surface area contributed by atoms with Crippen LogP contribution in [0.15, 0.2) is 27.7 Å². The Morgan fingerprint density at radius 1 is 1.05 bits per heavy atom. The van der Waals surface area contributed by atoms with Crippen molar-refractivity contribution in [2.24, 2.45) is 44.8 Å². The van der Waals surface area contributed by atoms with Gasteiger partial charge in [0.1, 0.15) is 11.5 Å². The first-order valence-corrected chi connectivity index (χ1v) is 15.4. The molecule has 6 rings (SSSR count). The zero-order valence-corrected chi connectivity index (χ0v) is 26.2. The van der Waals surface area contributed by atoms with Crippen LogP contribution in [0.4, 0.5) is 0 Å². The normalized spacial score (nSPS) is 43.9. The highest BCUT2D eigenvalue weighted by molar-refractivity contribution is 6.07. The van der Waals surface area contributed by atoms with Crippen molar-refractivity contribution in [1.82, 2.24) is 10.2 Å². The molecule has 8 atom stereocenters. The average Bonchev–Trinajstić information content (AvgIpc) is 3.38. The van der Waals surface area contributed by atoms with Gasteiger partial charge in [0.15, 0.2) is 11.6 Å². The lowest BCUT2D eigenvalue weighted by atomic mass is 9.34. The summed E-state index contributed by atoms with van der Waals surface area (Å²) >= 11 is 0. The third-order valence-corrected chi connectivity index (χ3v) is 13.1. The number of carbonyl (C=O) groups is 3. The Morgan fingerprint density at radius 3 is 2.36 bits per heavy atom. The lowest BCUT2D eigenvalue weighted by molar-refractivity contribution is -0.190. The fourth-order valence-electron chi connectivity index (χ4n) is 10.7. The van der Waals surface area contributed by atoms with E-state index in [-0.39, 0.29) is 57.6 Å². The number of ether oxygens (including phenoxy) is 1. The largest absolute Gasteiger partial charge is 0.469 e. The number of esters is 1. The van der Waals surface area contributed by atoms with Gasteiger partial charge in [0.2, 0.25) is 11.8 Å². The Balaban J connectivity index is 1.54. The number of methoxy groups -OCH3 is 1. The zero-order valence-electron chi connectivity index (χ0n) is 26.2. The van der Waals surface area contributed by atoms with Gasteiger partial charge in [0, 0.05) is 18.3 Å². The van der Waals surface area contributed by atoms with Gasteiger partial charge in [-0.15, -0.1) is 10.2 Å². The van der Waals surface area contributed by atoms with Crippen LogP contribution in [0.5, 0.6) is 0 Å². The first-order chi connectivity index (χ1) is 19.5. The number of rotatable bonds is 2. The highest BCUT2D eigenvalue weighted by atomic mass is 16.5. The summed E-state index contributed by atoms with van der Waals surface area (Å²) in [7, 11) is 1.47. The number of aromatic nitrogens is 2. The number of ketones is 2. The quantitative estimate of drug-likeness (QED) is 0.395. The van der Waals surface area contributed by atoms with E-state index in [1.165, 1.54) is 7.11 Å². The number of nitriles is 1. The lowest BCUT2D eigenvalue weighted by Gasteiger charge is -2.68. The Morgan fingerprint density at radius 2 is 1.74 bits per heavy atom. The molecule has 0 unspecified atom stereocenters. The molecule has 5 aliphatic carbocycles. The number of hydrogen-bond donors (Lipinski definition) is 0. The van der Waals surface area contributed by atoms with Gasteiger partial charge in [-0.3, -0.25) is 14.4 Å². The smallest absolute Gasteiger partial charge is 0.312 e. The summed E-state index contributed by atoms with van der Waals surface area (Å²) in [5.41, 5.74) is -2.31. The molecule has 224 valence electrons. The highest BCUT2D eigenvalue weighted by Gasteiger charge is 2.72. The highest BCUT2D eigenvalue weighted by Crippen LogP contribution is 2.74. The van der Waals surface area contributed by atoms with Crippen molar-refractivity contribution in [2.75, 3.05) is 7.11 Å². The van der Waals surface area contributed by atoms with E-state index in [0.717, 1.165) is 37.7 Å². The number of nitrogens with zero attached hydrogens (tertiary/aromatic N) is 3. The minimum Gasteiger partial charge on any atom is -0.469 e. The van der Waals surface area contributed by atoms with Crippen molar-refractivity contribution in [1.29, 1.82) is 5.26 Å². The van der Waals surface area contributed by atoms with Gasteiger partial charge in [-0.2, -0.15) is 5.26 Å². The predicted octanol–water partition coefficient (Wildman–Crippen LogP) is 6.00. The molecule has 0 radical (unpaired) electrons. The van der Waals surface area contributed by atoms with Crippen LogP contribution in [-0.2, 0) is 24.5 Å². The first kappa shape index (κ1) is 29.0. The maximum Gasteiger partial charge on any atom is 0.312 e. The van der Waals surface area contributed by atoms with Crippen LogP contribution in [0.2, 0.25) is 0 Å². The van der Waals surface area contributed by atoms with Crippen LogP contribution in [0.1, 0.15) is 98.3 Å². The van der Waals surface area contributed by atoms with E-state index in [0.29, 0.717) is 18.7 Å². The molecular formula is C34H43N3O5. The molecule has 5 aliphatic rings. The summed E-state index contributed by atoms with van der Waals surface area (Å²) in [5.74, 6) is -0.526. The molecule has 8 nitrogen and oxygen atoms in total. The van der Waals surface area contributed by atoms with Crippen molar-refractivity contribution >= 4 is 17.5 Å². The van der Waals surface area contributed by atoms with Gasteiger partial charge in [-0.05, 0) is 86.0 Å². The molecule has 1 heterocycles. The molecule has 0 bridgehead atoms. The maximum absolute atomic E-state index is 14.6. The molecule has 8 heteroatoms. The molecule has 3 saturated carbocycles. The summed E-state index contributed by atoms with van der Waals surface area (Å²) in [4.78, 5) is 42.0. The van der Waals surface area contributed by atoms with Crippen molar-refractivity contribution < 1.29 is 23.5 Å². The summed E-state index contributed by atoms with van der Waals surface area (Å²) in [5, 5.41) is 18.5. The van der Waals surface area contributed by atoms with E-state index in [2.05, 4.69) is 50.9 Å². The SMILES string of the molecule is COC(=O)[C@]12CCC(C)(C)C[C@H]1[C@H]1C(=O)C=C3[C@@]4(C)C=C(C#N)C(=O)[C@@](C)(c5nnc(C)o5)[C@@H]4CC[C@@]3(C)[C@]1(C)CC2. The van der Waals surface area contributed by atoms with Crippen molar-refractivity contribution in [3.05, 3.63) is 35.1 Å². The average molecular weight is 574 g/mol. The molecule has 3 fully saturated rings. The van der Waals surface area contributed by atoms with Crippen molar-refractivity contribution in [3.63, 3.8) is 0 Å². The van der Waals surface area contributed by atoms with Crippen molar-refractivity contribution in [3.8, 4) is 6.07 Å². The van der Waals surface area contributed by atoms with Gasteiger partial charge < -0.3 is 9.15 Å². The van der Waals surface area contributed by atoms with Gasteiger partial charge in [0.25, 0.3) is 0 Å². The molecular weight excluding hydrogens is 530 g/mol.